The van der Waals surface area contributed by atoms with Crippen molar-refractivity contribution in [2.24, 2.45) is 0 Å². The summed E-state index contributed by atoms with van der Waals surface area (Å²) >= 11 is 0. The summed E-state index contributed by atoms with van der Waals surface area (Å²) in [6, 6.07) is 16.6. The van der Waals surface area contributed by atoms with E-state index in [1.54, 1.807) is 12.1 Å². The first-order chi connectivity index (χ1) is 16.0. The van der Waals surface area contributed by atoms with Crippen molar-refractivity contribution < 1.29 is 14.0 Å². The number of halogens is 1. The van der Waals surface area contributed by atoms with Crippen molar-refractivity contribution in [3.8, 4) is 0 Å². The van der Waals surface area contributed by atoms with Gasteiger partial charge >= 0.3 is 6.03 Å². The molecule has 1 aliphatic carbocycles. The van der Waals surface area contributed by atoms with E-state index in [-0.39, 0.29) is 36.5 Å². The van der Waals surface area contributed by atoms with Crippen LogP contribution in [0.2, 0.25) is 0 Å². The lowest BCUT2D eigenvalue weighted by atomic mass is 9.88. The highest BCUT2D eigenvalue weighted by Crippen LogP contribution is 2.37. The van der Waals surface area contributed by atoms with E-state index in [2.05, 4.69) is 27.2 Å². The van der Waals surface area contributed by atoms with Crippen molar-refractivity contribution in [2.75, 3.05) is 19.8 Å². The summed E-state index contributed by atoms with van der Waals surface area (Å²) in [4.78, 5) is 32.3. The molecule has 0 radical (unpaired) electrons. The van der Waals surface area contributed by atoms with Crippen LogP contribution in [0.4, 0.5) is 9.18 Å². The molecule has 33 heavy (non-hydrogen) atoms. The Balaban J connectivity index is 1.32. The third kappa shape index (κ3) is 4.39. The van der Waals surface area contributed by atoms with Crippen molar-refractivity contribution in [3.63, 3.8) is 0 Å². The Bertz CT molecular complexity index is 1030. The summed E-state index contributed by atoms with van der Waals surface area (Å²) < 4.78 is 14.5. The zero-order chi connectivity index (χ0) is 23.0. The van der Waals surface area contributed by atoms with Crippen molar-refractivity contribution in [3.05, 3.63) is 71.5 Å². The lowest BCUT2D eigenvalue weighted by Crippen LogP contribution is -2.58. The van der Waals surface area contributed by atoms with Gasteiger partial charge in [-0.2, -0.15) is 0 Å². The average Bonchev–Trinajstić information content (AvgIpc) is 3.62. The number of nitrogens with one attached hydrogen (secondary N) is 1. The van der Waals surface area contributed by atoms with E-state index in [1.807, 2.05) is 31.2 Å². The number of benzene rings is 2. The van der Waals surface area contributed by atoms with Crippen LogP contribution in [0.5, 0.6) is 0 Å². The number of urea groups is 1. The topological polar surface area (TPSA) is 55.9 Å². The van der Waals surface area contributed by atoms with Gasteiger partial charge in [-0.3, -0.25) is 14.6 Å². The van der Waals surface area contributed by atoms with E-state index >= 15 is 0 Å². The summed E-state index contributed by atoms with van der Waals surface area (Å²) in [7, 11) is 0. The Kier molecular flexibility index (Phi) is 5.93. The molecule has 2 atom stereocenters. The molecule has 2 heterocycles. The summed E-state index contributed by atoms with van der Waals surface area (Å²) in [6.07, 6.45) is 3.49. The first-order valence-electron chi connectivity index (χ1n) is 11.9. The summed E-state index contributed by atoms with van der Waals surface area (Å²) in [5.74, 6) is -0.412. The normalized spacial score (nSPS) is 24.5. The number of amides is 3. The third-order valence-corrected chi connectivity index (χ3v) is 7.24. The average molecular weight is 451 g/mol. The van der Waals surface area contributed by atoms with E-state index in [1.165, 1.54) is 16.5 Å². The highest BCUT2D eigenvalue weighted by Gasteiger charge is 2.54. The van der Waals surface area contributed by atoms with Crippen LogP contribution < -0.4 is 5.32 Å². The second-order valence-corrected chi connectivity index (χ2v) is 9.63. The van der Waals surface area contributed by atoms with Crippen molar-refractivity contribution in [1.29, 1.82) is 0 Å². The van der Waals surface area contributed by atoms with Crippen LogP contribution >= 0.6 is 0 Å². The number of rotatable bonds is 7. The molecule has 174 valence electrons. The first kappa shape index (κ1) is 22.0. The molecule has 0 aromatic heterocycles. The van der Waals surface area contributed by atoms with Gasteiger partial charge in [0.15, 0.2) is 0 Å². The molecule has 1 saturated carbocycles. The molecule has 5 rings (SSSR count). The Morgan fingerprint density at radius 2 is 1.85 bits per heavy atom. The van der Waals surface area contributed by atoms with Crippen LogP contribution in [0, 0.1) is 5.82 Å². The molecule has 3 amide bonds. The molecule has 2 saturated heterocycles. The first-order valence-corrected chi connectivity index (χ1v) is 11.9. The number of carbonyl (C=O) groups is 2. The van der Waals surface area contributed by atoms with Crippen molar-refractivity contribution in [1.82, 2.24) is 20.0 Å². The maximum absolute atomic E-state index is 14.5. The van der Waals surface area contributed by atoms with Crippen LogP contribution in [-0.2, 0) is 11.3 Å². The van der Waals surface area contributed by atoms with E-state index in [0.29, 0.717) is 18.5 Å². The monoisotopic (exact) mass is 450 g/mol. The van der Waals surface area contributed by atoms with Gasteiger partial charge in [0, 0.05) is 30.7 Å². The van der Waals surface area contributed by atoms with E-state index in [0.717, 1.165) is 32.4 Å². The zero-order valence-electron chi connectivity index (χ0n) is 19.0. The van der Waals surface area contributed by atoms with E-state index in [9.17, 15) is 14.0 Å². The number of imide groups is 1. The van der Waals surface area contributed by atoms with Gasteiger partial charge in [-0.15, -0.1) is 0 Å². The molecule has 6 nitrogen and oxygen atoms in total. The minimum Gasteiger partial charge on any atom is -0.322 e. The Morgan fingerprint density at radius 3 is 2.58 bits per heavy atom. The fourth-order valence-electron chi connectivity index (χ4n) is 5.32. The number of hydrogen-bond donors (Lipinski definition) is 1. The van der Waals surface area contributed by atoms with Gasteiger partial charge in [0.1, 0.15) is 11.4 Å². The largest absolute Gasteiger partial charge is 0.326 e. The predicted molar refractivity (Wildman–Crippen MR) is 124 cm³/mol. The summed E-state index contributed by atoms with van der Waals surface area (Å²) in [6.45, 7) is 4.30. The van der Waals surface area contributed by atoms with Crippen LogP contribution in [0.25, 0.3) is 0 Å². The molecule has 7 heteroatoms. The minimum absolute atomic E-state index is 0.156. The Morgan fingerprint density at radius 1 is 1.12 bits per heavy atom. The van der Waals surface area contributed by atoms with Crippen LogP contribution in [-0.4, -0.2) is 58.0 Å². The van der Waals surface area contributed by atoms with Gasteiger partial charge in [0.2, 0.25) is 0 Å². The molecule has 2 aromatic rings. The Labute approximate surface area is 194 Å². The van der Waals surface area contributed by atoms with Gasteiger partial charge in [0.05, 0.1) is 6.67 Å². The third-order valence-electron chi connectivity index (χ3n) is 7.24. The molecule has 3 aliphatic rings. The van der Waals surface area contributed by atoms with Gasteiger partial charge in [-0.05, 0) is 50.8 Å². The zero-order valence-corrected chi connectivity index (χ0v) is 19.0. The van der Waals surface area contributed by atoms with E-state index in [4.69, 9.17) is 0 Å². The smallest absolute Gasteiger partial charge is 0.322 e. The van der Waals surface area contributed by atoms with Gasteiger partial charge in [0.25, 0.3) is 5.91 Å². The molecular weight excluding hydrogens is 419 g/mol. The van der Waals surface area contributed by atoms with Crippen LogP contribution in [0.3, 0.4) is 0 Å². The predicted octanol–water partition coefficient (Wildman–Crippen LogP) is 3.90. The molecule has 1 N–H and O–H groups in total. The number of piperidine rings is 1. The Hall–Kier alpha value is -2.77. The standard InChI is InChI=1S/C26H31FN4O2/c1-19(22-10-5-6-11-23(22)27)30(21-12-13-21)18-31-24(32)26(28-25(31)33)14-7-15-29(17-26)16-20-8-3-2-4-9-20/h2-6,8-11,19,21H,7,12-18H2,1H3,(H,28,33). The maximum atomic E-state index is 14.5. The second kappa shape index (κ2) is 8.88. The minimum atomic E-state index is -0.874. The highest BCUT2D eigenvalue weighted by atomic mass is 19.1. The summed E-state index contributed by atoms with van der Waals surface area (Å²) in [5.41, 5.74) is 0.917. The lowest BCUT2D eigenvalue weighted by Gasteiger charge is -2.38. The lowest BCUT2D eigenvalue weighted by molar-refractivity contribution is -0.135. The number of carbonyl (C=O) groups excluding carboxylic acids is 2. The molecular formula is C26H31FN4O2. The van der Waals surface area contributed by atoms with Crippen molar-refractivity contribution >= 4 is 11.9 Å². The summed E-state index contributed by atoms with van der Waals surface area (Å²) in [5, 5.41) is 3.03. The molecule has 2 unspecified atom stereocenters. The number of nitrogens with zero attached hydrogens (tertiary/aromatic N) is 3. The quantitative estimate of drug-likeness (QED) is 0.651. The molecule has 2 aliphatic heterocycles. The SMILES string of the molecule is CC(c1ccccc1F)N(CN1C(=O)NC2(CCCN(Cc3ccccc3)C2)C1=O)C1CC1. The van der Waals surface area contributed by atoms with Crippen molar-refractivity contribution in [2.45, 2.75) is 56.8 Å². The molecule has 1 spiro atoms. The van der Waals surface area contributed by atoms with Gasteiger partial charge < -0.3 is 5.32 Å². The highest BCUT2D eigenvalue weighted by molar-refractivity contribution is 6.07. The fourth-order valence-corrected chi connectivity index (χ4v) is 5.32. The second-order valence-electron chi connectivity index (χ2n) is 9.63. The van der Waals surface area contributed by atoms with Gasteiger partial charge in [-0.1, -0.05) is 48.5 Å². The molecule has 3 fully saturated rings. The van der Waals surface area contributed by atoms with Gasteiger partial charge in [-0.25, -0.2) is 14.1 Å². The van der Waals surface area contributed by atoms with E-state index < -0.39 is 5.54 Å². The van der Waals surface area contributed by atoms with Crippen LogP contribution in [0.15, 0.2) is 54.6 Å². The fraction of sp³-hybridized carbons (Fsp3) is 0.462. The molecule has 0 bridgehead atoms. The molecule has 2 aromatic carbocycles. The number of likely N-dealkylation sites (tertiary alicyclic amines) is 1. The maximum Gasteiger partial charge on any atom is 0.326 e. The number of hydrogen-bond acceptors (Lipinski definition) is 4. The van der Waals surface area contributed by atoms with Crippen LogP contribution in [0.1, 0.15) is 49.8 Å².